The summed E-state index contributed by atoms with van der Waals surface area (Å²) in [5.74, 6) is 3.93. The maximum atomic E-state index is 5.64. The third kappa shape index (κ3) is 6.05. The van der Waals surface area contributed by atoms with Gasteiger partial charge in [0.25, 0.3) is 0 Å². The summed E-state index contributed by atoms with van der Waals surface area (Å²) >= 11 is 0. The number of benzene rings is 1. The second-order valence-corrected chi connectivity index (χ2v) is 10.4. The van der Waals surface area contributed by atoms with Gasteiger partial charge in [-0.05, 0) is 45.2 Å². The molecule has 1 aliphatic rings. The quantitative estimate of drug-likeness (QED) is 0.268. The molecule has 2 atom stereocenters. The van der Waals surface area contributed by atoms with E-state index in [0.717, 1.165) is 59.2 Å². The van der Waals surface area contributed by atoms with Crippen molar-refractivity contribution in [2.75, 3.05) is 31.2 Å². The summed E-state index contributed by atoms with van der Waals surface area (Å²) < 4.78 is 9.79. The minimum atomic E-state index is 0.315. The lowest BCUT2D eigenvalue weighted by Crippen LogP contribution is -2.37. The number of anilines is 1. The van der Waals surface area contributed by atoms with Gasteiger partial charge in [-0.2, -0.15) is 9.97 Å². The molecule has 2 unspecified atom stereocenters. The fraction of sp³-hybridized carbons (Fsp3) is 0.548. The van der Waals surface area contributed by atoms with Gasteiger partial charge in [0.2, 0.25) is 5.95 Å². The lowest BCUT2D eigenvalue weighted by molar-refractivity contribution is 0.122. The summed E-state index contributed by atoms with van der Waals surface area (Å²) in [5, 5.41) is 3.78. The van der Waals surface area contributed by atoms with Crippen molar-refractivity contribution < 1.29 is 4.74 Å². The van der Waals surface area contributed by atoms with Gasteiger partial charge in [-0.3, -0.25) is 4.57 Å². The first kappa shape index (κ1) is 29.7. The first-order valence-corrected chi connectivity index (χ1v) is 14.8. The van der Waals surface area contributed by atoms with Crippen LogP contribution in [0.1, 0.15) is 66.0 Å². The summed E-state index contributed by atoms with van der Waals surface area (Å²) in [7, 11) is 2.05. The fourth-order valence-electron chi connectivity index (χ4n) is 5.15. The molecule has 4 aromatic rings. The third-order valence-electron chi connectivity index (χ3n) is 7.87. The number of fused-ring (bicyclic) bond motifs is 2. The number of hydrogen-bond acceptors (Lipinski definition) is 7. The van der Waals surface area contributed by atoms with Crippen LogP contribution in [0.3, 0.4) is 0 Å². The van der Waals surface area contributed by atoms with Crippen molar-refractivity contribution >= 4 is 28.0 Å². The first-order valence-electron chi connectivity index (χ1n) is 14.8. The first-order chi connectivity index (χ1) is 19.4. The molecule has 1 aromatic carbocycles. The van der Waals surface area contributed by atoms with E-state index in [1.807, 2.05) is 43.5 Å². The molecule has 4 heterocycles. The second-order valence-electron chi connectivity index (χ2n) is 10.4. The lowest BCUT2D eigenvalue weighted by atomic mass is 9.94. The van der Waals surface area contributed by atoms with Gasteiger partial charge in [-0.1, -0.05) is 57.9 Å². The van der Waals surface area contributed by atoms with Crippen LogP contribution in [0.15, 0.2) is 35.9 Å². The molecule has 0 spiro atoms. The van der Waals surface area contributed by atoms with Crippen LogP contribution in [0.5, 0.6) is 0 Å². The van der Waals surface area contributed by atoms with Crippen molar-refractivity contribution in [3.05, 3.63) is 47.6 Å². The summed E-state index contributed by atoms with van der Waals surface area (Å²) in [5.41, 5.74) is 4.95. The Balaban J connectivity index is 0.00000181. The average molecular weight is 547 g/mol. The highest BCUT2D eigenvalue weighted by Crippen LogP contribution is 2.28. The minimum Gasteiger partial charge on any atom is -0.378 e. The third-order valence-corrected chi connectivity index (χ3v) is 7.87. The largest absolute Gasteiger partial charge is 0.378 e. The highest BCUT2D eigenvalue weighted by molar-refractivity contribution is 5.86. The maximum absolute atomic E-state index is 5.64. The Morgan fingerprint density at radius 1 is 1.10 bits per heavy atom. The summed E-state index contributed by atoms with van der Waals surface area (Å²) in [6.07, 6.45) is 4.48. The molecule has 0 radical (unpaired) electrons. The van der Waals surface area contributed by atoms with Crippen molar-refractivity contribution in [3.8, 4) is 5.95 Å². The number of nitrogens with zero attached hydrogens (tertiary/aromatic N) is 7. The molecular formula is C31H46N8O. The molecule has 40 heavy (non-hydrogen) atoms. The number of aromatic nitrogens is 6. The Morgan fingerprint density at radius 3 is 2.52 bits per heavy atom. The number of para-hydroxylation sites is 2. The summed E-state index contributed by atoms with van der Waals surface area (Å²) in [6.45, 7) is 18.5. The Kier molecular flexibility index (Phi) is 9.92. The number of allylic oxidation sites excluding steroid dienone is 1. The maximum Gasteiger partial charge on any atom is 0.239 e. The van der Waals surface area contributed by atoms with Crippen LogP contribution in [0.25, 0.3) is 28.1 Å². The predicted octanol–water partition coefficient (Wildman–Crippen LogP) is 5.73. The molecule has 0 aliphatic carbocycles. The zero-order valence-electron chi connectivity index (χ0n) is 25.5. The molecule has 5 rings (SSSR count). The van der Waals surface area contributed by atoms with Crippen LogP contribution in [0.2, 0.25) is 0 Å². The Bertz CT molecular complexity index is 1450. The minimum absolute atomic E-state index is 0.315. The lowest BCUT2D eigenvalue weighted by Gasteiger charge is -2.28. The Labute approximate surface area is 238 Å². The monoisotopic (exact) mass is 546 g/mol. The molecule has 0 amide bonds. The fourth-order valence-corrected chi connectivity index (χ4v) is 5.15. The van der Waals surface area contributed by atoms with Gasteiger partial charge in [0.05, 0.1) is 30.8 Å². The van der Waals surface area contributed by atoms with Crippen LogP contribution in [-0.4, -0.2) is 61.4 Å². The number of aryl methyl sites for hydroxylation is 2. The van der Waals surface area contributed by atoms with Crippen molar-refractivity contribution in [3.63, 3.8) is 0 Å². The zero-order valence-corrected chi connectivity index (χ0v) is 25.5. The van der Waals surface area contributed by atoms with E-state index in [0.29, 0.717) is 37.7 Å². The van der Waals surface area contributed by atoms with Crippen molar-refractivity contribution in [2.45, 2.75) is 73.9 Å². The standard InChI is InChI=1S/C29H40N8O.C2H6/c1-7-19(3)17-23(20(4)8-2)30-18-25-32-26-27(35(25)6)33-29(34-28(26)36-13-15-38-16-14-36)37-21(5)31-22-11-9-10-12-24(22)37;1-2/h8-12,19,23,30H,7,13-18H2,1-6H3;1-2H3/b20-8-;. The highest BCUT2D eigenvalue weighted by atomic mass is 16.5. The molecule has 216 valence electrons. The van der Waals surface area contributed by atoms with Crippen LogP contribution >= 0.6 is 0 Å². The van der Waals surface area contributed by atoms with E-state index in [1.165, 1.54) is 12.0 Å². The highest BCUT2D eigenvalue weighted by Gasteiger charge is 2.24. The average Bonchev–Trinajstić information content (AvgIpc) is 3.50. The molecule has 0 bridgehead atoms. The number of imidazole rings is 2. The molecule has 1 N–H and O–H groups in total. The summed E-state index contributed by atoms with van der Waals surface area (Å²) in [6, 6.07) is 8.44. The smallest absolute Gasteiger partial charge is 0.239 e. The van der Waals surface area contributed by atoms with Crippen molar-refractivity contribution in [2.24, 2.45) is 13.0 Å². The zero-order chi connectivity index (χ0) is 28.8. The van der Waals surface area contributed by atoms with Gasteiger partial charge in [-0.25, -0.2) is 9.97 Å². The van der Waals surface area contributed by atoms with Crippen LogP contribution in [0, 0.1) is 12.8 Å². The predicted molar refractivity (Wildman–Crippen MR) is 164 cm³/mol. The van der Waals surface area contributed by atoms with Crippen molar-refractivity contribution in [1.29, 1.82) is 0 Å². The van der Waals surface area contributed by atoms with Gasteiger partial charge in [0.1, 0.15) is 11.6 Å². The van der Waals surface area contributed by atoms with E-state index in [2.05, 4.69) is 61.7 Å². The van der Waals surface area contributed by atoms with Crippen LogP contribution in [-0.2, 0) is 18.3 Å². The van der Waals surface area contributed by atoms with E-state index in [1.54, 1.807) is 0 Å². The molecule has 3 aromatic heterocycles. The molecule has 1 aliphatic heterocycles. The van der Waals surface area contributed by atoms with E-state index in [4.69, 9.17) is 24.7 Å². The van der Waals surface area contributed by atoms with E-state index >= 15 is 0 Å². The van der Waals surface area contributed by atoms with Crippen LogP contribution in [0.4, 0.5) is 5.82 Å². The molecule has 9 heteroatoms. The van der Waals surface area contributed by atoms with E-state index in [-0.39, 0.29) is 0 Å². The number of nitrogens with one attached hydrogen (secondary N) is 1. The van der Waals surface area contributed by atoms with Gasteiger partial charge < -0.3 is 19.5 Å². The molecule has 1 saturated heterocycles. The van der Waals surface area contributed by atoms with E-state index in [9.17, 15) is 0 Å². The summed E-state index contributed by atoms with van der Waals surface area (Å²) in [4.78, 5) is 22.3. The number of morpholine rings is 1. The molecular weight excluding hydrogens is 500 g/mol. The number of rotatable bonds is 9. The number of hydrogen-bond donors (Lipinski definition) is 1. The SMILES string of the molecule is C/C=C(/C)C(CC(C)CC)NCc1nc2c(N3CCOCC3)nc(-n3c(C)nc4ccccc43)nc2n1C.CC. The van der Waals surface area contributed by atoms with Gasteiger partial charge >= 0.3 is 0 Å². The Morgan fingerprint density at radius 2 is 1.82 bits per heavy atom. The molecule has 1 fully saturated rings. The normalized spacial score (nSPS) is 15.8. The topological polar surface area (TPSA) is 85.9 Å². The number of ether oxygens (including phenoxy) is 1. The van der Waals surface area contributed by atoms with Gasteiger partial charge in [0, 0.05) is 26.2 Å². The van der Waals surface area contributed by atoms with Crippen LogP contribution < -0.4 is 10.2 Å². The molecule has 0 saturated carbocycles. The van der Waals surface area contributed by atoms with E-state index < -0.39 is 0 Å². The molecule has 9 nitrogen and oxygen atoms in total. The van der Waals surface area contributed by atoms with Crippen molar-refractivity contribution in [1.82, 2.24) is 34.4 Å². The second kappa shape index (κ2) is 13.4. The van der Waals surface area contributed by atoms with Gasteiger partial charge in [0.15, 0.2) is 17.0 Å². The van der Waals surface area contributed by atoms with Gasteiger partial charge in [-0.15, -0.1) is 0 Å². The Hall–Kier alpha value is -3.30.